The van der Waals surface area contributed by atoms with Crippen LogP contribution in [0.3, 0.4) is 0 Å². The third-order valence-electron chi connectivity index (χ3n) is 8.05. The molecule has 0 radical (unpaired) electrons. The molecule has 0 atom stereocenters. The van der Waals surface area contributed by atoms with Crippen LogP contribution in [0, 0.1) is 0 Å². The van der Waals surface area contributed by atoms with Crippen molar-refractivity contribution in [1.29, 1.82) is 0 Å². The summed E-state index contributed by atoms with van der Waals surface area (Å²) in [5.41, 5.74) is 14.0. The van der Waals surface area contributed by atoms with Crippen LogP contribution in [0.1, 0.15) is 11.1 Å². The normalized spacial score (nSPS) is 16.8. The van der Waals surface area contributed by atoms with Crippen molar-refractivity contribution >= 4 is 34.2 Å². The number of para-hydroxylation sites is 4. The van der Waals surface area contributed by atoms with Gasteiger partial charge in [0.25, 0.3) is 0 Å². The Balaban J connectivity index is 1.35. The minimum Gasteiger partial charge on any atom is -0.351 e. The van der Waals surface area contributed by atoms with E-state index in [1.54, 1.807) is 0 Å². The van der Waals surface area contributed by atoms with E-state index in [1.807, 2.05) is 24.3 Å². The van der Waals surface area contributed by atoms with Gasteiger partial charge in [0.15, 0.2) is 0 Å². The lowest BCUT2D eigenvalue weighted by atomic mass is 10.0. The van der Waals surface area contributed by atoms with Crippen LogP contribution in [-0.4, -0.2) is 11.4 Å². The molecule has 4 heteroatoms. The second-order valence-electron chi connectivity index (χ2n) is 10.8. The smallest absolute Gasteiger partial charge is 0.0987 e. The molecule has 0 spiro atoms. The summed E-state index contributed by atoms with van der Waals surface area (Å²) in [6.45, 7) is 0. The Morgan fingerprint density at radius 3 is 1.09 bits per heavy atom. The highest BCUT2D eigenvalue weighted by Crippen LogP contribution is 2.40. The van der Waals surface area contributed by atoms with Crippen molar-refractivity contribution in [2.75, 3.05) is 10.6 Å². The molecule has 0 amide bonds. The second-order valence-corrected chi connectivity index (χ2v) is 10.8. The molecule has 0 unspecified atom stereocenters. The molecule has 2 N–H and O–H groups in total. The maximum Gasteiger partial charge on any atom is 0.0987 e. The molecule has 2 heterocycles. The fourth-order valence-electron chi connectivity index (χ4n) is 5.96. The number of anilines is 2. The van der Waals surface area contributed by atoms with E-state index >= 15 is 0 Å². The first-order valence-corrected chi connectivity index (χ1v) is 14.8. The molecule has 0 saturated carbocycles. The van der Waals surface area contributed by atoms with Gasteiger partial charge in [-0.1, -0.05) is 133 Å². The van der Waals surface area contributed by atoms with E-state index in [-0.39, 0.29) is 0 Å². The standard InChI is InChI=1S/C40H28N4/c1-3-15-27(16-4-1)29-19-7-11-23-33(29)41-37-31-21-9-13-25-35(31)43-39(37)40-38(32-22-10-14-26-36(32)44-40)42-34-24-12-8-20-30(34)28-17-5-2-6-18-28/h1-26,43-44H/b40-39+,41-37?,42-38?. The van der Waals surface area contributed by atoms with Crippen LogP contribution in [0.5, 0.6) is 0 Å². The maximum atomic E-state index is 5.37. The first kappa shape index (κ1) is 25.7. The lowest BCUT2D eigenvalue weighted by Crippen LogP contribution is -2.14. The molecule has 6 aromatic rings. The average molecular weight is 565 g/mol. The monoisotopic (exact) mass is 564 g/mol. The van der Waals surface area contributed by atoms with Crippen molar-refractivity contribution in [3.8, 4) is 22.3 Å². The molecular weight excluding hydrogens is 536 g/mol. The second kappa shape index (κ2) is 11.0. The van der Waals surface area contributed by atoms with Crippen LogP contribution in [0.15, 0.2) is 179 Å². The molecule has 0 saturated heterocycles. The van der Waals surface area contributed by atoms with Gasteiger partial charge in [0, 0.05) is 33.6 Å². The number of nitrogens with one attached hydrogen (secondary N) is 2. The first-order valence-electron chi connectivity index (χ1n) is 14.8. The van der Waals surface area contributed by atoms with Gasteiger partial charge in [-0.25, -0.2) is 9.98 Å². The van der Waals surface area contributed by atoms with Crippen molar-refractivity contribution in [3.63, 3.8) is 0 Å². The van der Waals surface area contributed by atoms with Gasteiger partial charge in [0.2, 0.25) is 0 Å². The largest absolute Gasteiger partial charge is 0.351 e. The van der Waals surface area contributed by atoms with Crippen molar-refractivity contribution in [1.82, 2.24) is 0 Å². The molecule has 0 fully saturated rings. The number of rotatable bonds is 4. The summed E-state index contributed by atoms with van der Waals surface area (Å²) >= 11 is 0. The Bertz CT molecular complexity index is 1950. The van der Waals surface area contributed by atoms with Gasteiger partial charge < -0.3 is 10.6 Å². The number of nitrogens with zero attached hydrogens (tertiary/aromatic N) is 2. The SMILES string of the molecule is c1ccc(-c2ccccc2N=C2/C(=C3\Nc4ccccc4C3=Nc3ccccc3-c3ccccc3)Nc3ccccc32)cc1. The van der Waals surface area contributed by atoms with Gasteiger partial charge in [-0.05, 0) is 35.4 Å². The Labute approximate surface area is 256 Å². The maximum absolute atomic E-state index is 5.37. The van der Waals surface area contributed by atoms with Crippen molar-refractivity contribution in [2.45, 2.75) is 0 Å². The van der Waals surface area contributed by atoms with Crippen LogP contribution < -0.4 is 10.6 Å². The topological polar surface area (TPSA) is 48.8 Å². The molecular formula is C40H28N4. The molecule has 0 aromatic heterocycles. The van der Waals surface area contributed by atoms with Gasteiger partial charge in [-0.3, -0.25) is 0 Å². The number of allylic oxidation sites excluding steroid dienone is 2. The van der Waals surface area contributed by atoms with Crippen LogP contribution in [0.25, 0.3) is 22.3 Å². The van der Waals surface area contributed by atoms with E-state index in [1.165, 1.54) is 0 Å². The molecule has 2 aliphatic heterocycles. The quantitative estimate of drug-likeness (QED) is 0.224. The zero-order valence-electron chi connectivity index (χ0n) is 23.9. The van der Waals surface area contributed by atoms with E-state index in [2.05, 4.69) is 144 Å². The van der Waals surface area contributed by atoms with Crippen molar-refractivity contribution in [2.24, 2.45) is 9.98 Å². The highest BCUT2D eigenvalue weighted by Gasteiger charge is 2.32. The van der Waals surface area contributed by atoms with Gasteiger partial charge in [0.1, 0.15) is 0 Å². The van der Waals surface area contributed by atoms with Crippen LogP contribution in [0.2, 0.25) is 0 Å². The zero-order chi connectivity index (χ0) is 29.3. The zero-order valence-corrected chi connectivity index (χ0v) is 23.9. The molecule has 4 nitrogen and oxygen atoms in total. The fraction of sp³-hybridized carbons (Fsp3) is 0. The van der Waals surface area contributed by atoms with Crippen LogP contribution in [0.4, 0.5) is 22.7 Å². The molecule has 0 bridgehead atoms. The number of fused-ring (bicyclic) bond motifs is 2. The molecule has 8 rings (SSSR count). The number of aliphatic imine (C=N–C) groups is 2. The fourth-order valence-corrected chi connectivity index (χ4v) is 5.96. The lowest BCUT2D eigenvalue weighted by Gasteiger charge is -2.12. The highest BCUT2D eigenvalue weighted by molar-refractivity contribution is 6.31. The van der Waals surface area contributed by atoms with Gasteiger partial charge >= 0.3 is 0 Å². The van der Waals surface area contributed by atoms with Gasteiger partial charge in [-0.15, -0.1) is 0 Å². The summed E-state index contributed by atoms with van der Waals surface area (Å²) in [6, 6.07) is 54.2. The Hall–Kier alpha value is -6.00. The summed E-state index contributed by atoms with van der Waals surface area (Å²) in [7, 11) is 0. The Morgan fingerprint density at radius 1 is 0.318 bits per heavy atom. The van der Waals surface area contributed by atoms with Gasteiger partial charge in [0.05, 0.1) is 34.2 Å². The Kier molecular flexibility index (Phi) is 6.43. The van der Waals surface area contributed by atoms with E-state index < -0.39 is 0 Å². The molecule has 208 valence electrons. The Morgan fingerprint density at radius 2 is 0.659 bits per heavy atom. The average Bonchev–Trinajstić information content (AvgIpc) is 3.64. The van der Waals surface area contributed by atoms with E-state index in [0.717, 1.165) is 78.9 Å². The number of hydrogen-bond acceptors (Lipinski definition) is 4. The molecule has 44 heavy (non-hydrogen) atoms. The summed E-state index contributed by atoms with van der Waals surface area (Å²) in [4.78, 5) is 10.7. The predicted octanol–water partition coefficient (Wildman–Crippen LogP) is 10.0. The minimum absolute atomic E-state index is 0.878. The van der Waals surface area contributed by atoms with Crippen LogP contribution in [-0.2, 0) is 0 Å². The van der Waals surface area contributed by atoms with E-state index in [0.29, 0.717) is 0 Å². The predicted molar refractivity (Wildman–Crippen MR) is 183 cm³/mol. The van der Waals surface area contributed by atoms with E-state index in [9.17, 15) is 0 Å². The number of benzene rings is 6. The molecule has 0 aliphatic carbocycles. The first-order chi connectivity index (χ1) is 21.8. The summed E-state index contributed by atoms with van der Waals surface area (Å²) in [5, 5.41) is 7.42. The van der Waals surface area contributed by atoms with E-state index in [4.69, 9.17) is 9.98 Å². The minimum atomic E-state index is 0.878. The third kappa shape index (κ3) is 4.59. The highest BCUT2D eigenvalue weighted by atomic mass is 15.1. The van der Waals surface area contributed by atoms with Gasteiger partial charge in [-0.2, -0.15) is 0 Å². The summed E-state index contributed by atoms with van der Waals surface area (Å²) in [5.74, 6) is 0. The molecule has 2 aliphatic rings. The summed E-state index contributed by atoms with van der Waals surface area (Å²) in [6.07, 6.45) is 0. The lowest BCUT2D eigenvalue weighted by molar-refractivity contribution is 1.44. The summed E-state index contributed by atoms with van der Waals surface area (Å²) < 4.78 is 0. The van der Waals surface area contributed by atoms with Crippen molar-refractivity contribution in [3.05, 3.63) is 180 Å². The van der Waals surface area contributed by atoms with Crippen LogP contribution >= 0.6 is 0 Å². The van der Waals surface area contributed by atoms with Crippen molar-refractivity contribution < 1.29 is 0 Å². The third-order valence-corrected chi connectivity index (χ3v) is 8.05. The molecule has 6 aromatic carbocycles. The number of hydrogen-bond donors (Lipinski definition) is 2.